The van der Waals surface area contributed by atoms with Gasteiger partial charge >= 0.3 is 0 Å². The van der Waals surface area contributed by atoms with E-state index >= 15 is 0 Å². The molecule has 0 amide bonds. The highest BCUT2D eigenvalue weighted by Gasteiger charge is 2.39. The minimum Gasteiger partial charge on any atom is -0.359 e. The van der Waals surface area contributed by atoms with Crippen LogP contribution in [0, 0.1) is 5.92 Å². The summed E-state index contributed by atoms with van der Waals surface area (Å²) in [5.74, 6) is 2.28. The molecular formula is C15H26N2S. The van der Waals surface area contributed by atoms with Crippen LogP contribution < -0.4 is 5.32 Å². The predicted octanol–water partition coefficient (Wildman–Crippen LogP) is 3.96. The third kappa shape index (κ3) is 3.04. The molecule has 0 aromatic heterocycles. The molecule has 0 aromatic rings. The third-order valence-corrected chi connectivity index (χ3v) is 6.12. The summed E-state index contributed by atoms with van der Waals surface area (Å²) in [6, 6.07) is 0. The van der Waals surface area contributed by atoms with Gasteiger partial charge in [-0.3, -0.25) is 4.99 Å². The van der Waals surface area contributed by atoms with Crippen LogP contribution in [-0.2, 0) is 0 Å². The Morgan fingerprint density at radius 3 is 2.72 bits per heavy atom. The van der Waals surface area contributed by atoms with Crippen LogP contribution in [0.2, 0.25) is 0 Å². The maximum atomic E-state index is 4.77. The standard InChI is InChI=1S/C15H26N2S/c1-2-7-13(6-1)8-5-11-16-14-17-15(12-18-14)9-3-4-10-15/h13H,1-12H2,(H,16,17). The van der Waals surface area contributed by atoms with E-state index in [1.165, 1.54) is 75.1 Å². The van der Waals surface area contributed by atoms with E-state index in [1.807, 2.05) is 11.8 Å². The van der Waals surface area contributed by atoms with Crippen LogP contribution in [0.4, 0.5) is 0 Å². The van der Waals surface area contributed by atoms with Crippen LogP contribution in [0.3, 0.4) is 0 Å². The van der Waals surface area contributed by atoms with Gasteiger partial charge in [0.1, 0.15) is 0 Å². The van der Waals surface area contributed by atoms with Crippen molar-refractivity contribution in [1.29, 1.82) is 0 Å². The van der Waals surface area contributed by atoms with Crippen molar-refractivity contribution in [2.75, 3.05) is 12.3 Å². The van der Waals surface area contributed by atoms with Gasteiger partial charge in [0, 0.05) is 17.8 Å². The van der Waals surface area contributed by atoms with Gasteiger partial charge in [0.2, 0.25) is 0 Å². The highest BCUT2D eigenvalue weighted by molar-refractivity contribution is 8.14. The Bertz CT molecular complexity index is 302. The van der Waals surface area contributed by atoms with Crippen molar-refractivity contribution in [1.82, 2.24) is 5.32 Å². The largest absolute Gasteiger partial charge is 0.359 e. The Balaban J connectivity index is 1.38. The number of thioether (sulfide) groups is 1. The summed E-state index contributed by atoms with van der Waals surface area (Å²) < 4.78 is 0. The van der Waals surface area contributed by atoms with Crippen molar-refractivity contribution >= 4 is 16.9 Å². The van der Waals surface area contributed by atoms with Gasteiger partial charge in [0.05, 0.1) is 0 Å². The van der Waals surface area contributed by atoms with Gasteiger partial charge < -0.3 is 5.32 Å². The van der Waals surface area contributed by atoms with Gasteiger partial charge in [-0.2, -0.15) is 0 Å². The van der Waals surface area contributed by atoms with Crippen LogP contribution in [0.5, 0.6) is 0 Å². The number of rotatable bonds is 4. The molecule has 3 rings (SSSR count). The molecule has 18 heavy (non-hydrogen) atoms. The Morgan fingerprint density at radius 1 is 1.17 bits per heavy atom. The van der Waals surface area contributed by atoms with Crippen molar-refractivity contribution in [3.8, 4) is 0 Å². The van der Waals surface area contributed by atoms with E-state index in [2.05, 4.69) is 5.32 Å². The first-order valence-corrected chi connectivity index (χ1v) is 8.80. The molecule has 3 heteroatoms. The molecule has 0 radical (unpaired) electrons. The average molecular weight is 266 g/mol. The summed E-state index contributed by atoms with van der Waals surface area (Å²) in [5, 5.41) is 4.95. The third-order valence-electron chi connectivity index (χ3n) is 4.92. The summed E-state index contributed by atoms with van der Waals surface area (Å²) in [6.45, 7) is 1.04. The molecule has 2 aliphatic carbocycles. The van der Waals surface area contributed by atoms with Gasteiger partial charge in [-0.1, -0.05) is 50.3 Å². The van der Waals surface area contributed by atoms with Crippen molar-refractivity contribution in [2.24, 2.45) is 10.9 Å². The molecule has 3 fully saturated rings. The molecule has 1 N–H and O–H groups in total. The lowest BCUT2D eigenvalue weighted by Gasteiger charge is -2.21. The molecule has 2 saturated carbocycles. The summed E-state index contributed by atoms with van der Waals surface area (Å²) in [6.07, 6.45) is 14.1. The van der Waals surface area contributed by atoms with E-state index in [-0.39, 0.29) is 0 Å². The number of nitrogens with one attached hydrogen (secondary N) is 1. The van der Waals surface area contributed by atoms with Gasteiger partial charge in [0.25, 0.3) is 0 Å². The van der Waals surface area contributed by atoms with Gasteiger partial charge in [-0.25, -0.2) is 0 Å². The van der Waals surface area contributed by atoms with Crippen LogP contribution in [0.15, 0.2) is 4.99 Å². The predicted molar refractivity (Wildman–Crippen MR) is 80.3 cm³/mol. The SMILES string of the molecule is C1CCC(CCCN=C2NC3(CCCC3)CS2)C1. The molecule has 102 valence electrons. The van der Waals surface area contributed by atoms with Crippen LogP contribution in [0.1, 0.15) is 64.2 Å². The van der Waals surface area contributed by atoms with Crippen LogP contribution >= 0.6 is 11.8 Å². The second kappa shape index (κ2) is 5.85. The topological polar surface area (TPSA) is 24.4 Å². The van der Waals surface area contributed by atoms with E-state index in [1.54, 1.807) is 0 Å². The first-order chi connectivity index (χ1) is 8.86. The molecule has 1 spiro atoms. The number of aliphatic imine (C=N–C) groups is 1. The van der Waals surface area contributed by atoms with E-state index in [0.29, 0.717) is 5.54 Å². The lowest BCUT2D eigenvalue weighted by atomic mass is 10.0. The highest BCUT2D eigenvalue weighted by Crippen LogP contribution is 2.37. The van der Waals surface area contributed by atoms with Crippen molar-refractivity contribution in [3.05, 3.63) is 0 Å². The number of hydrogen-bond donors (Lipinski definition) is 1. The second-order valence-corrected chi connectivity index (χ2v) is 7.34. The number of nitrogens with zero attached hydrogens (tertiary/aromatic N) is 1. The quantitative estimate of drug-likeness (QED) is 0.779. The Labute approximate surface area is 115 Å². The van der Waals surface area contributed by atoms with E-state index in [4.69, 9.17) is 4.99 Å². The summed E-state index contributed by atoms with van der Waals surface area (Å²) >= 11 is 1.96. The zero-order valence-electron chi connectivity index (χ0n) is 11.4. The van der Waals surface area contributed by atoms with Gasteiger partial charge in [-0.15, -0.1) is 0 Å². The monoisotopic (exact) mass is 266 g/mol. The molecule has 2 nitrogen and oxygen atoms in total. The highest BCUT2D eigenvalue weighted by atomic mass is 32.2. The summed E-state index contributed by atoms with van der Waals surface area (Å²) in [4.78, 5) is 4.77. The molecule has 0 unspecified atom stereocenters. The molecule has 3 aliphatic rings. The first kappa shape index (κ1) is 12.8. The zero-order chi connectivity index (χ0) is 12.3. The molecule has 0 aromatic carbocycles. The Kier molecular flexibility index (Phi) is 4.17. The Hall–Kier alpha value is -0.180. The molecule has 1 heterocycles. The number of amidine groups is 1. The van der Waals surface area contributed by atoms with Crippen molar-refractivity contribution in [2.45, 2.75) is 69.7 Å². The smallest absolute Gasteiger partial charge is 0.157 e. The van der Waals surface area contributed by atoms with E-state index in [9.17, 15) is 0 Å². The fourth-order valence-corrected chi connectivity index (χ4v) is 5.02. The molecular weight excluding hydrogens is 240 g/mol. The fraction of sp³-hybridized carbons (Fsp3) is 0.933. The Morgan fingerprint density at radius 2 is 1.94 bits per heavy atom. The first-order valence-electron chi connectivity index (χ1n) is 7.82. The normalized spacial score (nSPS) is 29.4. The van der Waals surface area contributed by atoms with Crippen LogP contribution in [0.25, 0.3) is 0 Å². The lowest BCUT2D eigenvalue weighted by molar-refractivity contribution is 0.451. The van der Waals surface area contributed by atoms with Crippen LogP contribution in [-0.4, -0.2) is 23.0 Å². The molecule has 0 atom stereocenters. The average Bonchev–Trinajstić information content (AvgIpc) is 3.10. The molecule has 0 bridgehead atoms. The zero-order valence-corrected chi connectivity index (χ0v) is 12.2. The lowest BCUT2D eigenvalue weighted by Crippen LogP contribution is -2.40. The maximum Gasteiger partial charge on any atom is 0.157 e. The fourth-order valence-electron chi connectivity index (χ4n) is 3.77. The minimum atomic E-state index is 0.439. The minimum absolute atomic E-state index is 0.439. The van der Waals surface area contributed by atoms with Crippen molar-refractivity contribution in [3.63, 3.8) is 0 Å². The van der Waals surface area contributed by atoms with Gasteiger partial charge in [-0.05, 0) is 31.6 Å². The summed E-state index contributed by atoms with van der Waals surface area (Å²) in [5.41, 5.74) is 0.439. The van der Waals surface area contributed by atoms with E-state index < -0.39 is 0 Å². The van der Waals surface area contributed by atoms with Crippen molar-refractivity contribution < 1.29 is 0 Å². The molecule has 1 aliphatic heterocycles. The maximum absolute atomic E-state index is 4.77. The summed E-state index contributed by atoms with van der Waals surface area (Å²) in [7, 11) is 0. The van der Waals surface area contributed by atoms with E-state index in [0.717, 1.165) is 12.5 Å². The molecule has 1 saturated heterocycles. The van der Waals surface area contributed by atoms with Gasteiger partial charge in [0.15, 0.2) is 5.17 Å². The second-order valence-electron chi connectivity index (χ2n) is 6.38. The number of hydrogen-bond acceptors (Lipinski definition) is 2.